The fraction of sp³-hybridized carbons (Fsp3) is 0.222. The van der Waals surface area contributed by atoms with Gasteiger partial charge in [0.05, 0.1) is 17.0 Å². The van der Waals surface area contributed by atoms with Crippen LogP contribution in [0.4, 0.5) is 13.2 Å². The molecule has 0 spiro atoms. The van der Waals surface area contributed by atoms with Crippen molar-refractivity contribution in [3.8, 4) is 5.69 Å². The van der Waals surface area contributed by atoms with Crippen LogP contribution in [0.1, 0.15) is 35.0 Å². The minimum Gasteiger partial charge on any atom is -0.276 e. The lowest BCUT2D eigenvalue weighted by atomic mass is 9.93. The number of aliphatic imine (C=N–C) groups is 1. The first-order chi connectivity index (χ1) is 12.5. The molecule has 0 N–H and O–H groups in total. The second kappa shape index (κ2) is 6.05. The molecule has 0 atom stereocenters. The van der Waals surface area contributed by atoms with Crippen LogP contribution < -0.4 is 0 Å². The van der Waals surface area contributed by atoms with E-state index in [1.165, 1.54) is 6.07 Å². The maximum Gasteiger partial charge on any atom is 0.416 e. The number of tetrazole rings is 1. The molecule has 4 rings (SSSR count). The van der Waals surface area contributed by atoms with Gasteiger partial charge in [0.25, 0.3) is 0 Å². The first kappa shape index (κ1) is 16.4. The average molecular weight is 357 g/mol. The molecule has 0 amide bonds. The van der Waals surface area contributed by atoms with Gasteiger partial charge in [0.2, 0.25) is 0 Å². The average Bonchev–Trinajstić information content (AvgIpc) is 3.04. The monoisotopic (exact) mass is 357 g/mol. The Hall–Kier alpha value is -3.03. The smallest absolute Gasteiger partial charge is 0.276 e. The van der Waals surface area contributed by atoms with Gasteiger partial charge >= 0.3 is 6.18 Å². The molecule has 2 heterocycles. The Bertz CT molecular complexity index is 1000. The number of rotatable bonds is 2. The minimum absolute atomic E-state index is 0.191. The fourth-order valence-electron chi connectivity index (χ4n) is 3.13. The van der Waals surface area contributed by atoms with Crippen LogP contribution in [-0.2, 0) is 19.1 Å². The highest BCUT2D eigenvalue weighted by molar-refractivity contribution is 6.16. The summed E-state index contributed by atoms with van der Waals surface area (Å²) in [6.07, 6.45) is -3.70. The van der Waals surface area contributed by atoms with Crippen molar-refractivity contribution < 1.29 is 13.2 Å². The molecule has 0 radical (unpaired) electrons. The predicted octanol–water partition coefficient (Wildman–Crippen LogP) is 3.59. The van der Waals surface area contributed by atoms with Gasteiger partial charge in [0, 0.05) is 11.1 Å². The third kappa shape index (κ3) is 2.67. The number of benzene rings is 2. The Morgan fingerprint density at radius 1 is 1.12 bits per heavy atom. The number of aryl methyl sites for hydroxylation is 1. The summed E-state index contributed by atoms with van der Waals surface area (Å²) < 4.78 is 41.0. The molecule has 0 saturated heterocycles. The van der Waals surface area contributed by atoms with Crippen LogP contribution in [0.5, 0.6) is 0 Å². The van der Waals surface area contributed by atoms with E-state index in [0.717, 1.165) is 28.9 Å². The first-order valence-corrected chi connectivity index (χ1v) is 8.11. The second-order valence-electron chi connectivity index (χ2n) is 5.92. The van der Waals surface area contributed by atoms with E-state index in [1.807, 2.05) is 25.1 Å². The van der Waals surface area contributed by atoms with Gasteiger partial charge in [-0.3, -0.25) is 4.99 Å². The van der Waals surface area contributed by atoms with Crippen molar-refractivity contribution in [1.82, 2.24) is 20.2 Å². The molecular formula is C18H14F3N5. The Morgan fingerprint density at radius 2 is 1.92 bits per heavy atom. The van der Waals surface area contributed by atoms with Crippen LogP contribution >= 0.6 is 0 Å². The Kier molecular flexibility index (Phi) is 3.82. The summed E-state index contributed by atoms with van der Waals surface area (Å²) in [5.74, 6) is 0.543. The van der Waals surface area contributed by atoms with Crippen LogP contribution in [0, 0.1) is 0 Å². The number of aromatic nitrogens is 4. The Morgan fingerprint density at radius 3 is 2.69 bits per heavy atom. The maximum atomic E-state index is 13.1. The number of fused-ring (bicyclic) bond motifs is 3. The van der Waals surface area contributed by atoms with Crippen molar-refractivity contribution in [2.45, 2.75) is 26.1 Å². The fourth-order valence-corrected chi connectivity index (χ4v) is 3.13. The molecule has 1 aliphatic rings. The highest BCUT2D eigenvalue weighted by Crippen LogP contribution is 2.32. The van der Waals surface area contributed by atoms with Gasteiger partial charge in [0.1, 0.15) is 6.54 Å². The number of alkyl halides is 3. The van der Waals surface area contributed by atoms with Crippen LogP contribution in [0.15, 0.2) is 47.5 Å². The largest absolute Gasteiger partial charge is 0.416 e. The summed E-state index contributed by atoms with van der Waals surface area (Å²) in [6.45, 7) is 2.18. The molecule has 5 nitrogen and oxygen atoms in total. The van der Waals surface area contributed by atoms with Gasteiger partial charge in [-0.2, -0.15) is 17.9 Å². The van der Waals surface area contributed by atoms with Crippen LogP contribution in [-0.4, -0.2) is 25.9 Å². The van der Waals surface area contributed by atoms with Gasteiger partial charge in [0.15, 0.2) is 5.82 Å². The number of halogens is 3. The van der Waals surface area contributed by atoms with Crippen molar-refractivity contribution in [2.24, 2.45) is 4.99 Å². The molecule has 8 heteroatoms. The van der Waals surface area contributed by atoms with Crippen molar-refractivity contribution in [3.05, 3.63) is 70.5 Å². The highest BCUT2D eigenvalue weighted by atomic mass is 19.4. The van der Waals surface area contributed by atoms with Gasteiger partial charge in [-0.25, -0.2) is 0 Å². The lowest BCUT2D eigenvalue weighted by Crippen LogP contribution is -2.13. The molecule has 3 aromatic rings. The van der Waals surface area contributed by atoms with Crippen LogP contribution in [0.25, 0.3) is 5.69 Å². The van der Waals surface area contributed by atoms with E-state index in [1.54, 1.807) is 10.7 Å². The van der Waals surface area contributed by atoms with Crippen molar-refractivity contribution in [1.29, 1.82) is 0 Å². The van der Waals surface area contributed by atoms with Crippen molar-refractivity contribution >= 4 is 5.71 Å². The SMILES string of the molecule is CCc1cccc2c1C(c1cccc(C(F)(F)F)c1)=NCc1nnnn1-2. The van der Waals surface area contributed by atoms with E-state index in [-0.39, 0.29) is 6.54 Å². The Labute approximate surface area is 147 Å². The normalized spacial score (nSPS) is 13.6. The van der Waals surface area contributed by atoms with E-state index in [4.69, 9.17) is 0 Å². The minimum atomic E-state index is -4.41. The molecule has 0 saturated carbocycles. The van der Waals surface area contributed by atoms with E-state index in [9.17, 15) is 13.2 Å². The zero-order valence-electron chi connectivity index (χ0n) is 13.8. The van der Waals surface area contributed by atoms with E-state index >= 15 is 0 Å². The zero-order valence-corrected chi connectivity index (χ0v) is 13.8. The molecule has 132 valence electrons. The van der Waals surface area contributed by atoms with Gasteiger partial charge in [-0.1, -0.05) is 31.2 Å². The Balaban J connectivity index is 1.96. The van der Waals surface area contributed by atoms with E-state index < -0.39 is 11.7 Å². The number of nitrogens with zero attached hydrogens (tertiary/aromatic N) is 5. The van der Waals surface area contributed by atoms with Crippen LogP contribution in [0.2, 0.25) is 0 Å². The topological polar surface area (TPSA) is 56.0 Å². The molecule has 1 aromatic heterocycles. The summed E-state index contributed by atoms with van der Waals surface area (Å²) >= 11 is 0. The maximum absolute atomic E-state index is 13.1. The third-order valence-corrected chi connectivity index (χ3v) is 4.35. The lowest BCUT2D eigenvalue weighted by molar-refractivity contribution is -0.137. The summed E-state index contributed by atoms with van der Waals surface area (Å²) in [5, 5.41) is 11.7. The van der Waals surface area contributed by atoms with Crippen LogP contribution in [0.3, 0.4) is 0 Å². The van der Waals surface area contributed by atoms with E-state index in [0.29, 0.717) is 23.5 Å². The number of hydrogen-bond donors (Lipinski definition) is 0. The summed E-state index contributed by atoms with van der Waals surface area (Å²) in [5.41, 5.74) is 2.69. The molecule has 26 heavy (non-hydrogen) atoms. The van der Waals surface area contributed by atoms with Gasteiger partial charge < -0.3 is 0 Å². The van der Waals surface area contributed by atoms with E-state index in [2.05, 4.69) is 20.5 Å². The first-order valence-electron chi connectivity index (χ1n) is 8.11. The summed E-state index contributed by atoms with van der Waals surface area (Å²) in [6, 6.07) is 10.9. The third-order valence-electron chi connectivity index (χ3n) is 4.35. The molecular weight excluding hydrogens is 343 g/mol. The molecule has 2 aromatic carbocycles. The highest BCUT2D eigenvalue weighted by Gasteiger charge is 2.31. The van der Waals surface area contributed by atoms with Crippen molar-refractivity contribution in [3.63, 3.8) is 0 Å². The van der Waals surface area contributed by atoms with Crippen molar-refractivity contribution in [2.75, 3.05) is 0 Å². The zero-order chi connectivity index (χ0) is 18.3. The molecule has 0 unspecified atom stereocenters. The lowest BCUT2D eigenvalue weighted by Gasteiger charge is -2.15. The molecule has 0 bridgehead atoms. The molecule has 0 aliphatic carbocycles. The quantitative estimate of drug-likeness (QED) is 0.704. The standard InChI is InChI=1S/C18H14F3N5/c1-2-11-5-4-8-14-16(11)17(22-10-15-23-24-25-26(14)15)12-6-3-7-13(9-12)18(19,20)21/h3-9H,2,10H2,1H3. The predicted molar refractivity (Wildman–Crippen MR) is 89.3 cm³/mol. The van der Waals surface area contributed by atoms with Gasteiger partial charge in [-0.15, -0.1) is 5.10 Å². The molecule has 0 fully saturated rings. The molecule has 1 aliphatic heterocycles. The summed E-state index contributed by atoms with van der Waals surface area (Å²) in [4.78, 5) is 4.57. The number of hydrogen-bond acceptors (Lipinski definition) is 4. The second-order valence-corrected chi connectivity index (χ2v) is 5.92. The van der Waals surface area contributed by atoms with Gasteiger partial charge in [-0.05, 0) is 40.6 Å². The summed E-state index contributed by atoms with van der Waals surface area (Å²) in [7, 11) is 0.